The van der Waals surface area contributed by atoms with Gasteiger partial charge >= 0.3 is 0 Å². The highest BCUT2D eigenvalue weighted by Crippen LogP contribution is 2.00. The third kappa shape index (κ3) is 2.79. The van der Waals surface area contributed by atoms with Crippen LogP contribution < -0.4 is 0 Å². The fourth-order valence-electron chi connectivity index (χ4n) is 0.591. The van der Waals surface area contributed by atoms with Crippen molar-refractivity contribution < 1.29 is 14.2 Å². The lowest BCUT2D eigenvalue weighted by molar-refractivity contribution is -0.167. The maximum Gasteiger partial charge on any atom is 0.182 e. The van der Waals surface area contributed by atoms with Gasteiger partial charge < -0.3 is 14.2 Å². The second-order valence-electron chi connectivity index (χ2n) is 1.78. The Labute approximate surface area is 55.9 Å². The Bertz CT molecular complexity index is 61.3. The van der Waals surface area contributed by atoms with Crippen molar-refractivity contribution in [2.75, 3.05) is 21.3 Å². The van der Waals surface area contributed by atoms with Crippen LogP contribution in [0.1, 0.15) is 6.92 Å². The van der Waals surface area contributed by atoms with E-state index in [4.69, 9.17) is 14.2 Å². The molecule has 0 aliphatic rings. The van der Waals surface area contributed by atoms with E-state index >= 15 is 0 Å². The average Bonchev–Trinajstić information content (AvgIpc) is 1.90. The highest BCUT2D eigenvalue weighted by atomic mass is 16.7. The minimum absolute atomic E-state index is 0.0139. The van der Waals surface area contributed by atoms with E-state index in [2.05, 4.69) is 0 Å². The van der Waals surface area contributed by atoms with Gasteiger partial charge in [-0.25, -0.2) is 0 Å². The fourth-order valence-corrected chi connectivity index (χ4v) is 0.591. The van der Waals surface area contributed by atoms with Gasteiger partial charge in [-0.3, -0.25) is 0 Å². The molecule has 0 heterocycles. The van der Waals surface area contributed by atoms with Gasteiger partial charge in [-0.1, -0.05) is 0 Å². The second kappa shape index (κ2) is 4.73. The molecule has 0 aromatic heterocycles. The Morgan fingerprint density at radius 1 is 0.889 bits per heavy atom. The smallest absolute Gasteiger partial charge is 0.182 e. The first-order chi connectivity index (χ1) is 4.26. The lowest BCUT2D eigenvalue weighted by Gasteiger charge is -2.18. The quantitative estimate of drug-likeness (QED) is 0.528. The summed E-state index contributed by atoms with van der Waals surface area (Å²) in [5, 5.41) is 0. The van der Waals surface area contributed by atoms with E-state index in [1.807, 2.05) is 6.92 Å². The predicted molar refractivity (Wildman–Crippen MR) is 34.3 cm³/mol. The summed E-state index contributed by atoms with van der Waals surface area (Å²) in [6, 6.07) is 0. The first kappa shape index (κ1) is 8.88. The number of rotatable bonds is 4. The van der Waals surface area contributed by atoms with E-state index in [9.17, 15) is 0 Å². The molecule has 0 saturated carbocycles. The van der Waals surface area contributed by atoms with Gasteiger partial charge in [0.2, 0.25) is 0 Å². The van der Waals surface area contributed by atoms with E-state index in [1.165, 1.54) is 0 Å². The topological polar surface area (TPSA) is 27.7 Å². The summed E-state index contributed by atoms with van der Waals surface area (Å²) in [7, 11) is 4.79. The van der Waals surface area contributed by atoms with Crippen LogP contribution in [0, 0.1) is 0 Å². The van der Waals surface area contributed by atoms with Crippen molar-refractivity contribution in [2.24, 2.45) is 0 Å². The monoisotopic (exact) mass is 134 g/mol. The molecule has 0 aromatic carbocycles. The highest BCUT2D eigenvalue weighted by molar-refractivity contribution is 4.51. The third-order valence-electron chi connectivity index (χ3n) is 1.22. The molecule has 56 valence electrons. The molecule has 0 aromatic rings. The van der Waals surface area contributed by atoms with Crippen LogP contribution in [0.2, 0.25) is 0 Å². The van der Waals surface area contributed by atoms with Crippen molar-refractivity contribution >= 4 is 0 Å². The molecule has 1 unspecified atom stereocenters. The standard InChI is InChI=1S/C6H14O3/c1-5(7-2)6(8-3)9-4/h5-6H,1-4H3. The van der Waals surface area contributed by atoms with Crippen molar-refractivity contribution in [1.29, 1.82) is 0 Å². The molecule has 0 aliphatic heterocycles. The first-order valence-electron chi connectivity index (χ1n) is 2.84. The van der Waals surface area contributed by atoms with Gasteiger partial charge in [0.05, 0.1) is 0 Å². The van der Waals surface area contributed by atoms with Gasteiger partial charge in [0.15, 0.2) is 6.29 Å². The molecule has 3 heteroatoms. The summed E-state index contributed by atoms with van der Waals surface area (Å²) >= 11 is 0. The van der Waals surface area contributed by atoms with E-state index < -0.39 is 0 Å². The Kier molecular flexibility index (Phi) is 4.67. The van der Waals surface area contributed by atoms with Crippen LogP contribution >= 0.6 is 0 Å². The molecule has 0 N–H and O–H groups in total. The lowest BCUT2D eigenvalue weighted by Crippen LogP contribution is -2.28. The molecule has 0 spiro atoms. The Hall–Kier alpha value is -0.120. The number of methoxy groups -OCH3 is 3. The van der Waals surface area contributed by atoms with Crippen LogP contribution in [0.3, 0.4) is 0 Å². The molecule has 9 heavy (non-hydrogen) atoms. The second-order valence-corrected chi connectivity index (χ2v) is 1.78. The van der Waals surface area contributed by atoms with Gasteiger partial charge in [-0.2, -0.15) is 0 Å². The van der Waals surface area contributed by atoms with Crippen LogP contribution in [-0.2, 0) is 14.2 Å². The van der Waals surface area contributed by atoms with Crippen LogP contribution in [-0.4, -0.2) is 33.7 Å². The molecule has 1 atom stereocenters. The maximum atomic E-state index is 4.94. The normalized spacial score (nSPS) is 14.3. The molecule has 0 amide bonds. The molecule has 0 aliphatic carbocycles. The average molecular weight is 134 g/mol. The van der Waals surface area contributed by atoms with Gasteiger partial charge in [-0.15, -0.1) is 0 Å². The summed E-state index contributed by atoms with van der Waals surface area (Å²) in [6.45, 7) is 1.89. The Morgan fingerprint density at radius 2 is 1.33 bits per heavy atom. The van der Waals surface area contributed by atoms with Crippen LogP contribution in [0.25, 0.3) is 0 Å². The van der Waals surface area contributed by atoms with Crippen molar-refractivity contribution in [1.82, 2.24) is 0 Å². The third-order valence-corrected chi connectivity index (χ3v) is 1.22. The zero-order valence-electron chi connectivity index (χ0n) is 6.38. The lowest BCUT2D eigenvalue weighted by atomic mass is 10.4. The highest BCUT2D eigenvalue weighted by Gasteiger charge is 2.13. The summed E-state index contributed by atoms with van der Waals surface area (Å²) < 4.78 is 14.8. The van der Waals surface area contributed by atoms with Crippen molar-refractivity contribution in [3.63, 3.8) is 0 Å². The van der Waals surface area contributed by atoms with Crippen LogP contribution in [0.15, 0.2) is 0 Å². The zero-order chi connectivity index (χ0) is 7.28. The van der Waals surface area contributed by atoms with Crippen molar-refractivity contribution in [3.8, 4) is 0 Å². The summed E-state index contributed by atoms with van der Waals surface area (Å²) in [4.78, 5) is 0. The van der Waals surface area contributed by atoms with E-state index in [0.29, 0.717) is 0 Å². The van der Waals surface area contributed by atoms with Gasteiger partial charge in [0.1, 0.15) is 6.10 Å². The first-order valence-corrected chi connectivity index (χ1v) is 2.84. The number of hydrogen-bond donors (Lipinski definition) is 0. The van der Waals surface area contributed by atoms with Gasteiger partial charge in [0.25, 0.3) is 0 Å². The molecule has 0 rings (SSSR count). The van der Waals surface area contributed by atoms with E-state index in [-0.39, 0.29) is 12.4 Å². The largest absolute Gasteiger partial charge is 0.376 e. The van der Waals surface area contributed by atoms with Crippen molar-refractivity contribution in [3.05, 3.63) is 0 Å². The molecular formula is C6H14O3. The predicted octanol–water partition coefficient (Wildman–Crippen LogP) is 0.640. The van der Waals surface area contributed by atoms with Crippen LogP contribution in [0.5, 0.6) is 0 Å². The maximum absolute atomic E-state index is 4.94. The molecule has 3 nitrogen and oxygen atoms in total. The molecular weight excluding hydrogens is 120 g/mol. The molecule has 0 saturated heterocycles. The minimum atomic E-state index is -0.255. The SMILES string of the molecule is COC(C)C(OC)OC. The number of hydrogen-bond acceptors (Lipinski definition) is 3. The van der Waals surface area contributed by atoms with Gasteiger partial charge in [0, 0.05) is 21.3 Å². The molecule has 0 radical (unpaired) electrons. The Balaban J connectivity index is 3.50. The molecule has 0 fully saturated rings. The minimum Gasteiger partial charge on any atom is -0.376 e. The summed E-state index contributed by atoms with van der Waals surface area (Å²) in [5.74, 6) is 0. The number of ether oxygens (including phenoxy) is 3. The Morgan fingerprint density at radius 3 is 1.44 bits per heavy atom. The zero-order valence-corrected chi connectivity index (χ0v) is 6.38. The van der Waals surface area contributed by atoms with E-state index in [0.717, 1.165) is 0 Å². The molecule has 0 bridgehead atoms. The summed E-state index contributed by atoms with van der Waals surface area (Å²) in [6.07, 6.45) is -0.269. The van der Waals surface area contributed by atoms with Gasteiger partial charge in [-0.05, 0) is 6.92 Å². The fraction of sp³-hybridized carbons (Fsp3) is 1.00. The van der Waals surface area contributed by atoms with Crippen molar-refractivity contribution in [2.45, 2.75) is 19.3 Å². The van der Waals surface area contributed by atoms with Crippen LogP contribution in [0.4, 0.5) is 0 Å². The summed E-state index contributed by atoms with van der Waals surface area (Å²) in [5.41, 5.74) is 0. The van der Waals surface area contributed by atoms with E-state index in [1.54, 1.807) is 21.3 Å².